The third-order valence-electron chi connectivity index (χ3n) is 9.24. The average molecular weight is 628 g/mol. The first-order valence-electron chi connectivity index (χ1n) is 15.7. The normalized spacial score (nSPS) is 16.7. The van der Waals surface area contributed by atoms with Crippen molar-refractivity contribution in [3.8, 4) is 11.1 Å². The zero-order valence-electron chi connectivity index (χ0n) is 25.6. The Kier molecular flexibility index (Phi) is 8.10. The highest BCUT2D eigenvalue weighted by molar-refractivity contribution is 6.31. The molecular formula is C40H34ClNO4. The Morgan fingerprint density at radius 3 is 2.02 bits per heavy atom. The van der Waals surface area contributed by atoms with Gasteiger partial charge < -0.3 is 9.47 Å². The lowest BCUT2D eigenvalue weighted by Gasteiger charge is -2.37. The molecule has 6 heteroatoms. The van der Waals surface area contributed by atoms with E-state index >= 15 is 0 Å². The van der Waals surface area contributed by atoms with Crippen LogP contribution in [0.5, 0.6) is 0 Å². The maximum atomic E-state index is 14.3. The van der Waals surface area contributed by atoms with Crippen LogP contribution in [0.15, 0.2) is 127 Å². The maximum Gasteiger partial charge on any atom is 0.410 e. The highest BCUT2D eigenvalue weighted by atomic mass is 35.5. The average Bonchev–Trinajstić information content (AvgIpc) is 3.71. The minimum atomic E-state index is -1.35. The molecule has 5 aromatic carbocycles. The number of hydrogen-bond acceptors (Lipinski definition) is 4. The van der Waals surface area contributed by atoms with Crippen molar-refractivity contribution in [3.63, 3.8) is 0 Å². The molecule has 1 amide bonds. The Labute approximate surface area is 274 Å². The van der Waals surface area contributed by atoms with Crippen molar-refractivity contribution >= 4 is 23.7 Å². The molecule has 1 saturated heterocycles. The van der Waals surface area contributed by atoms with E-state index in [1.54, 1.807) is 6.07 Å². The zero-order chi connectivity index (χ0) is 31.7. The first kappa shape index (κ1) is 29.8. The van der Waals surface area contributed by atoms with E-state index in [0.29, 0.717) is 30.0 Å². The summed E-state index contributed by atoms with van der Waals surface area (Å²) in [4.78, 5) is 29.6. The fourth-order valence-electron chi connectivity index (χ4n) is 6.98. The fraction of sp³-hybridized carbons (Fsp3) is 0.200. The predicted octanol–water partition coefficient (Wildman–Crippen LogP) is 8.90. The van der Waals surface area contributed by atoms with Crippen LogP contribution in [0.2, 0.25) is 5.02 Å². The van der Waals surface area contributed by atoms with Crippen LogP contribution in [0.25, 0.3) is 11.1 Å². The maximum absolute atomic E-state index is 14.3. The summed E-state index contributed by atoms with van der Waals surface area (Å²) in [5.74, 6) is -0.577. The minimum absolute atomic E-state index is 0.0724. The number of fused-ring (bicyclic) bond motifs is 3. The lowest BCUT2D eigenvalue weighted by molar-refractivity contribution is -0.158. The summed E-state index contributed by atoms with van der Waals surface area (Å²) < 4.78 is 12.7. The number of carbonyl (C=O) groups is 2. The van der Waals surface area contributed by atoms with Gasteiger partial charge in [0.15, 0.2) is 5.60 Å². The number of esters is 1. The Bertz CT molecular complexity index is 1840. The van der Waals surface area contributed by atoms with Crippen LogP contribution in [0.1, 0.15) is 52.1 Å². The third-order valence-corrected chi connectivity index (χ3v) is 9.57. The number of halogens is 1. The van der Waals surface area contributed by atoms with Crippen molar-refractivity contribution in [1.29, 1.82) is 0 Å². The molecule has 7 rings (SSSR count). The molecule has 0 saturated carbocycles. The van der Waals surface area contributed by atoms with Crippen LogP contribution >= 0.6 is 11.6 Å². The van der Waals surface area contributed by atoms with Crippen molar-refractivity contribution in [2.24, 2.45) is 0 Å². The topological polar surface area (TPSA) is 55.8 Å². The molecule has 1 aliphatic heterocycles. The molecule has 5 aromatic rings. The van der Waals surface area contributed by atoms with Gasteiger partial charge in [-0.1, -0.05) is 138 Å². The van der Waals surface area contributed by atoms with Gasteiger partial charge in [0.1, 0.15) is 12.6 Å². The highest BCUT2D eigenvalue weighted by Gasteiger charge is 2.46. The quantitative estimate of drug-likeness (QED) is 0.134. The molecule has 46 heavy (non-hydrogen) atoms. The third kappa shape index (κ3) is 5.25. The van der Waals surface area contributed by atoms with Crippen molar-refractivity contribution in [2.45, 2.75) is 37.3 Å². The smallest absolute Gasteiger partial charge is 0.410 e. The summed E-state index contributed by atoms with van der Waals surface area (Å²) in [6, 6.07) is 40.7. The summed E-state index contributed by atoms with van der Waals surface area (Å²) >= 11 is 6.86. The van der Waals surface area contributed by atoms with Crippen LogP contribution in [-0.4, -0.2) is 36.2 Å². The number of rotatable bonds is 7. The van der Waals surface area contributed by atoms with Gasteiger partial charge in [-0.25, -0.2) is 9.59 Å². The predicted molar refractivity (Wildman–Crippen MR) is 180 cm³/mol. The van der Waals surface area contributed by atoms with Gasteiger partial charge in [0.25, 0.3) is 0 Å². The Morgan fingerprint density at radius 1 is 0.761 bits per heavy atom. The molecule has 0 spiro atoms. The summed E-state index contributed by atoms with van der Waals surface area (Å²) in [5.41, 5.74) is 6.49. The van der Waals surface area contributed by atoms with E-state index in [-0.39, 0.29) is 12.5 Å². The summed E-state index contributed by atoms with van der Waals surface area (Å²) in [6.07, 6.45) is 0.628. The van der Waals surface area contributed by atoms with Crippen molar-refractivity contribution in [3.05, 3.63) is 166 Å². The standard InChI is InChI=1S/C40H34ClNO4/c1-27-21-23-29(24-22-27)40(28-12-3-2-4-13-28,35-18-9-10-19-36(35)41)46-38(43)37-20-11-25-42(37)39(44)45-26-34-32-16-7-5-14-30(32)31-15-6-8-17-33(31)34/h2-10,12-19,21-24,34,37H,11,20,25-26H2,1H3/t37-,40?/m1/s1. The first-order chi connectivity index (χ1) is 22.5. The molecule has 0 radical (unpaired) electrons. The van der Waals surface area contributed by atoms with E-state index < -0.39 is 23.7 Å². The molecule has 230 valence electrons. The molecule has 0 bridgehead atoms. The van der Waals surface area contributed by atoms with E-state index in [0.717, 1.165) is 38.9 Å². The first-order valence-corrected chi connectivity index (χ1v) is 16.1. The zero-order valence-corrected chi connectivity index (χ0v) is 26.3. The van der Waals surface area contributed by atoms with Crippen LogP contribution in [0.3, 0.4) is 0 Å². The van der Waals surface area contributed by atoms with Crippen LogP contribution in [0.4, 0.5) is 4.79 Å². The van der Waals surface area contributed by atoms with Crippen LogP contribution in [0, 0.1) is 6.92 Å². The lowest BCUT2D eigenvalue weighted by atomic mass is 9.79. The van der Waals surface area contributed by atoms with Gasteiger partial charge in [-0.05, 0) is 48.1 Å². The molecule has 1 aliphatic carbocycles. The van der Waals surface area contributed by atoms with E-state index in [1.807, 2.05) is 104 Å². The number of aryl methyl sites for hydroxylation is 1. The van der Waals surface area contributed by atoms with E-state index in [4.69, 9.17) is 21.1 Å². The van der Waals surface area contributed by atoms with Crippen LogP contribution < -0.4 is 0 Å². The van der Waals surface area contributed by atoms with Gasteiger partial charge in [-0.15, -0.1) is 0 Å². The van der Waals surface area contributed by atoms with Crippen molar-refractivity contribution in [1.82, 2.24) is 4.90 Å². The number of likely N-dealkylation sites (tertiary alicyclic amines) is 1. The van der Waals surface area contributed by atoms with E-state index in [2.05, 4.69) is 24.3 Å². The van der Waals surface area contributed by atoms with Gasteiger partial charge >= 0.3 is 12.1 Å². The van der Waals surface area contributed by atoms with Gasteiger partial charge in [0.2, 0.25) is 0 Å². The number of carbonyl (C=O) groups excluding carboxylic acids is 2. The lowest BCUT2D eigenvalue weighted by Crippen LogP contribution is -2.46. The molecule has 1 fully saturated rings. The monoisotopic (exact) mass is 627 g/mol. The number of ether oxygens (including phenoxy) is 2. The summed E-state index contributed by atoms with van der Waals surface area (Å²) in [7, 11) is 0. The molecule has 0 N–H and O–H groups in total. The summed E-state index contributed by atoms with van der Waals surface area (Å²) in [6.45, 7) is 2.60. The molecular weight excluding hydrogens is 594 g/mol. The summed E-state index contributed by atoms with van der Waals surface area (Å²) in [5, 5.41) is 0.472. The van der Waals surface area contributed by atoms with Gasteiger partial charge in [-0.3, -0.25) is 4.90 Å². The largest absolute Gasteiger partial charge is 0.448 e. The second-order valence-electron chi connectivity index (χ2n) is 12.0. The Balaban J connectivity index is 1.19. The minimum Gasteiger partial charge on any atom is -0.448 e. The van der Waals surface area contributed by atoms with E-state index in [1.165, 1.54) is 4.90 Å². The number of hydrogen-bond donors (Lipinski definition) is 0. The Morgan fingerprint density at radius 2 is 1.35 bits per heavy atom. The molecule has 2 aliphatic rings. The molecule has 2 atom stereocenters. The molecule has 1 heterocycles. The molecule has 0 aromatic heterocycles. The fourth-order valence-corrected chi connectivity index (χ4v) is 7.25. The second kappa shape index (κ2) is 12.5. The van der Waals surface area contributed by atoms with Crippen molar-refractivity contribution in [2.75, 3.05) is 13.2 Å². The second-order valence-corrected chi connectivity index (χ2v) is 12.4. The van der Waals surface area contributed by atoms with Gasteiger partial charge in [0.05, 0.1) is 0 Å². The number of amides is 1. The van der Waals surface area contributed by atoms with Gasteiger partial charge in [-0.2, -0.15) is 0 Å². The van der Waals surface area contributed by atoms with E-state index in [9.17, 15) is 9.59 Å². The number of benzene rings is 5. The Hall–Kier alpha value is -4.87. The molecule has 1 unspecified atom stereocenters. The van der Waals surface area contributed by atoms with Crippen LogP contribution in [-0.2, 0) is 19.9 Å². The number of nitrogens with zero attached hydrogens (tertiary/aromatic N) is 1. The highest BCUT2D eigenvalue weighted by Crippen LogP contribution is 2.46. The van der Waals surface area contributed by atoms with Gasteiger partial charge in [0, 0.05) is 34.2 Å². The SMILES string of the molecule is Cc1ccc(C(OC(=O)[C@H]2CCCN2C(=O)OCC2c3ccccc3-c3ccccc32)(c2ccccc2)c2ccccc2Cl)cc1. The molecule has 5 nitrogen and oxygen atoms in total. The van der Waals surface area contributed by atoms with Crippen molar-refractivity contribution < 1.29 is 19.1 Å².